The molecule has 0 radical (unpaired) electrons. The van der Waals surface area contributed by atoms with Gasteiger partial charge < -0.3 is 10.1 Å². The highest BCUT2D eigenvalue weighted by molar-refractivity contribution is 7.92. The number of halogens is 3. The number of hydrogen-bond donors (Lipinski definition) is 1. The highest BCUT2D eigenvalue weighted by Gasteiger charge is 2.34. The second kappa shape index (κ2) is 12.0. The van der Waals surface area contributed by atoms with Crippen LogP contribution in [0.5, 0.6) is 5.75 Å². The molecule has 0 fully saturated rings. The Hall–Kier alpha value is -3.43. The minimum atomic E-state index is -4.36. The Morgan fingerprint density at radius 1 is 1.14 bits per heavy atom. The molecule has 0 saturated carbocycles. The number of benzene rings is 3. The van der Waals surface area contributed by atoms with Crippen LogP contribution in [0.3, 0.4) is 0 Å². The number of ether oxygens (including phenoxy) is 1. The zero-order valence-corrected chi connectivity index (χ0v) is 21.0. The van der Waals surface area contributed by atoms with Gasteiger partial charge in [-0.25, -0.2) is 17.2 Å². The van der Waals surface area contributed by atoms with Crippen molar-refractivity contribution in [3.8, 4) is 5.75 Å². The van der Waals surface area contributed by atoms with E-state index < -0.39 is 33.4 Å². The minimum absolute atomic E-state index is 0.140. The van der Waals surface area contributed by atoms with E-state index in [0.29, 0.717) is 29.3 Å². The average molecular weight is 535 g/mol. The molecule has 0 aliphatic carbocycles. The molecule has 1 N–H and O–H groups in total. The summed E-state index contributed by atoms with van der Waals surface area (Å²) in [5.74, 6) is -1.63. The van der Waals surface area contributed by atoms with Crippen LogP contribution >= 0.6 is 11.6 Å². The van der Waals surface area contributed by atoms with Gasteiger partial charge in [-0.3, -0.25) is 9.10 Å². The van der Waals surface area contributed by atoms with Crippen LogP contribution in [0, 0.1) is 11.6 Å². The van der Waals surface area contributed by atoms with Crippen molar-refractivity contribution in [3.05, 3.63) is 102 Å². The second-order valence-corrected chi connectivity index (χ2v) is 10.0. The normalized spacial score (nSPS) is 12.0. The molecule has 0 aliphatic rings. The molecule has 0 aliphatic heterocycles. The SMILES string of the molecule is C=CC(=O)NCCCOc1ccccc1C(C)N(c1cc(F)ccc1F)S(=O)(=O)c1ccc(Cl)cc1. The van der Waals surface area contributed by atoms with E-state index >= 15 is 0 Å². The molecule has 3 aromatic rings. The van der Waals surface area contributed by atoms with Crippen LogP contribution in [-0.2, 0) is 14.8 Å². The second-order valence-electron chi connectivity index (χ2n) is 7.76. The van der Waals surface area contributed by atoms with Crippen LogP contribution in [0.15, 0.2) is 84.3 Å². The zero-order chi connectivity index (χ0) is 26.3. The number of nitrogens with one attached hydrogen (secondary N) is 1. The van der Waals surface area contributed by atoms with Gasteiger partial charge in [-0.05, 0) is 61.9 Å². The fourth-order valence-corrected chi connectivity index (χ4v) is 5.30. The third-order valence-electron chi connectivity index (χ3n) is 5.30. The van der Waals surface area contributed by atoms with Gasteiger partial charge in [0.1, 0.15) is 17.4 Å². The fraction of sp³-hybridized carbons (Fsp3) is 0.192. The number of amides is 1. The average Bonchev–Trinajstić information content (AvgIpc) is 2.86. The molecule has 1 amide bonds. The quantitative estimate of drug-likeness (QED) is 0.255. The number of carbonyl (C=O) groups excluding carboxylic acids is 1. The maximum atomic E-state index is 14.9. The van der Waals surface area contributed by atoms with Gasteiger partial charge >= 0.3 is 0 Å². The van der Waals surface area contributed by atoms with E-state index in [-0.39, 0.29) is 17.4 Å². The molecule has 6 nitrogen and oxygen atoms in total. The van der Waals surface area contributed by atoms with E-state index in [0.717, 1.165) is 22.5 Å². The first-order chi connectivity index (χ1) is 17.1. The van der Waals surface area contributed by atoms with E-state index in [1.807, 2.05) is 0 Å². The molecule has 3 rings (SSSR count). The van der Waals surface area contributed by atoms with Crippen LogP contribution < -0.4 is 14.4 Å². The molecule has 0 heterocycles. The third kappa shape index (κ3) is 6.41. The van der Waals surface area contributed by atoms with Gasteiger partial charge in [0.05, 0.1) is 23.2 Å². The van der Waals surface area contributed by atoms with Gasteiger partial charge in [-0.2, -0.15) is 0 Å². The summed E-state index contributed by atoms with van der Waals surface area (Å²) < 4.78 is 63.2. The Bertz CT molecular complexity index is 1330. The van der Waals surface area contributed by atoms with Crippen LogP contribution in [0.1, 0.15) is 24.9 Å². The Labute approximate surface area is 214 Å². The van der Waals surface area contributed by atoms with Crippen LogP contribution in [0.4, 0.5) is 14.5 Å². The molecule has 0 bridgehead atoms. The molecular formula is C26H25ClF2N2O4S. The number of nitrogens with zero attached hydrogens (tertiary/aromatic N) is 1. The number of rotatable bonds is 11. The monoisotopic (exact) mass is 534 g/mol. The zero-order valence-electron chi connectivity index (χ0n) is 19.5. The van der Waals surface area contributed by atoms with Gasteiger partial charge in [0.15, 0.2) is 0 Å². The summed E-state index contributed by atoms with van der Waals surface area (Å²) in [5.41, 5.74) is -0.00628. The first-order valence-electron chi connectivity index (χ1n) is 11.0. The highest BCUT2D eigenvalue weighted by atomic mass is 35.5. The lowest BCUT2D eigenvalue weighted by atomic mass is 10.1. The van der Waals surface area contributed by atoms with Crippen LogP contribution in [0.2, 0.25) is 5.02 Å². The maximum Gasteiger partial charge on any atom is 0.264 e. The summed E-state index contributed by atoms with van der Waals surface area (Å²) in [5, 5.41) is 2.97. The molecule has 190 valence electrons. The minimum Gasteiger partial charge on any atom is -0.493 e. The molecule has 36 heavy (non-hydrogen) atoms. The standard InChI is InChI=1S/C26H25ClF2N2O4S/c1-3-26(32)30-15-6-16-35-25-8-5-4-7-22(25)18(2)31(24-17-20(28)11-14-23(24)29)36(33,34)21-12-9-19(27)10-13-21/h3-5,7-14,17-18H,1,6,15-16H2,2H3,(H,30,32). The van der Waals surface area contributed by atoms with Gasteiger partial charge in [-0.1, -0.05) is 36.4 Å². The molecule has 3 aromatic carbocycles. The predicted molar refractivity (Wildman–Crippen MR) is 136 cm³/mol. The van der Waals surface area contributed by atoms with Crippen molar-refractivity contribution in [3.63, 3.8) is 0 Å². The van der Waals surface area contributed by atoms with Crippen molar-refractivity contribution in [1.82, 2.24) is 5.32 Å². The number of sulfonamides is 1. The summed E-state index contributed by atoms with van der Waals surface area (Å²) in [6.07, 6.45) is 1.65. The van der Waals surface area contributed by atoms with Crippen molar-refractivity contribution < 1.29 is 26.7 Å². The van der Waals surface area contributed by atoms with Gasteiger partial charge in [0.25, 0.3) is 10.0 Å². The van der Waals surface area contributed by atoms with Crippen molar-refractivity contribution in [2.24, 2.45) is 0 Å². The van der Waals surface area contributed by atoms with Crippen LogP contribution in [-0.4, -0.2) is 27.5 Å². The summed E-state index contributed by atoms with van der Waals surface area (Å²) in [6, 6.07) is 13.8. The summed E-state index contributed by atoms with van der Waals surface area (Å²) in [4.78, 5) is 11.1. The summed E-state index contributed by atoms with van der Waals surface area (Å²) in [6.45, 7) is 5.52. The van der Waals surface area contributed by atoms with Crippen molar-refractivity contribution in [1.29, 1.82) is 0 Å². The Morgan fingerprint density at radius 2 is 1.83 bits per heavy atom. The lowest BCUT2D eigenvalue weighted by Gasteiger charge is -2.32. The largest absolute Gasteiger partial charge is 0.493 e. The smallest absolute Gasteiger partial charge is 0.264 e. The maximum absolute atomic E-state index is 14.9. The van der Waals surface area contributed by atoms with Gasteiger partial charge in [-0.15, -0.1) is 0 Å². The lowest BCUT2D eigenvalue weighted by molar-refractivity contribution is -0.116. The highest BCUT2D eigenvalue weighted by Crippen LogP contribution is 2.38. The molecule has 10 heteroatoms. The number of anilines is 1. The van der Waals surface area contributed by atoms with E-state index in [1.54, 1.807) is 31.2 Å². The molecule has 0 saturated heterocycles. The van der Waals surface area contributed by atoms with Gasteiger partial charge in [0, 0.05) is 23.2 Å². The molecule has 1 atom stereocenters. The third-order valence-corrected chi connectivity index (χ3v) is 7.45. The van der Waals surface area contributed by atoms with Crippen molar-refractivity contribution in [2.45, 2.75) is 24.3 Å². The first kappa shape index (κ1) is 27.2. The first-order valence-corrected chi connectivity index (χ1v) is 12.8. The number of hydrogen-bond acceptors (Lipinski definition) is 4. The topological polar surface area (TPSA) is 75.7 Å². The Balaban J connectivity index is 1.99. The summed E-state index contributed by atoms with van der Waals surface area (Å²) in [7, 11) is -4.36. The summed E-state index contributed by atoms with van der Waals surface area (Å²) >= 11 is 5.92. The van der Waals surface area contributed by atoms with E-state index in [1.165, 1.54) is 30.3 Å². The Kier molecular flexibility index (Phi) is 9.06. The Morgan fingerprint density at radius 3 is 2.53 bits per heavy atom. The van der Waals surface area contributed by atoms with Crippen molar-refractivity contribution in [2.75, 3.05) is 17.5 Å². The van der Waals surface area contributed by atoms with Crippen LogP contribution in [0.25, 0.3) is 0 Å². The predicted octanol–water partition coefficient (Wildman–Crippen LogP) is 5.65. The molecule has 0 aromatic heterocycles. The molecule has 1 unspecified atom stereocenters. The van der Waals surface area contributed by atoms with E-state index in [4.69, 9.17) is 16.3 Å². The lowest BCUT2D eigenvalue weighted by Crippen LogP contribution is -2.34. The van der Waals surface area contributed by atoms with Gasteiger partial charge in [0.2, 0.25) is 5.91 Å². The fourth-order valence-electron chi connectivity index (χ4n) is 3.54. The molecule has 0 spiro atoms. The van der Waals surface area contributed by atoms with Crippen molar-refractivity contribution >= 4 is 33.2 Å². The number of carbonyl (C=O) groups is 1. The number of para-hydroxylation sites is 1. The van der Waals surface area contributed by atoms with E-state index in [2.05, 4.69) is 11.9 Å². The van der Waals surface area contributed by atoms with E-state index in [9.17, 15) is 22.0 Å². The molecular weight excluding hydrogens is 510 g/mol.